The summed E-state index contributed by atoms with van der Waals surface area (Å²) < 4.78 is 27.0. The lowest BCUT2D eigenvalue weighted by molar-refractivity contribution is -0.385. The van der Waals surface area contributed by atoms with E-state index in [1.54, 1.807) is 13.8 Å². The second-order valence-corrected chi connectivity index (χ2v) is 7.72. The summed E-state index contributed by atoms with van der Waals surface area (Å²) in [5.74, 6) is -1.22. The smallest absolute Gasteiger partial charge is 0.270 e. The average Bonchev–Trinajstić information content (AvgIpc) is 2.66. The van der Waals surface area contributed by atoms with Gasteiger partial charge in [0, 0.05) is 29.3 Å². The number of nitro benzene ring substituents is 1. The number of hydrogen-bond donors (Lipinski definition) is 3. The fourth-order valence-corrected chi connectivity index (χ4v) is 3.10. The molecule has 0 unspecified atom stereocenters. The summed E-state index contributed by atoms with van der Waals surface area (Å²) in [6, 6.07) is 10.1. The molecule has 0 saturated heterocycles. The number of sulfonamides is 1. The van der Waals surface area contributed by atoms with Crippen molar-refractivity contribution in [3.8, 4) is 0 Å². The number of nitro groups is 1. The lowest BCUT2D eigenvalue weighted by Crippen LogP contribution is -2.43. The van der Waals surface area contributed by atoms with E-state index in [0.29, 0.717) is 0 Å². The number of nitrogens with zero attached hydrogens (tertiary/aromatic N) is 1. The quantitative estimate of drug-likeness (QED) is 0.492. The van der Waals surface area contributed by atoms with Gasteiger partial charge in [0.2, 0.25) is 5.91 Å². The predicted octanol–water partition coefficient (Wildman–Crippen LogP) is 1.81. The Morgan fingerprint density at radius 3 is 2.25 bits per heavy atom. The van der Waals surface area contributed by atoms with Crippen LogP contribution >= 0.6 is 0 Å². The molecule has 148 valence electrons. The van der Waals surface area contributed by atoms with E-state index in [4.69, 9.17) is 0 Å². The molecule has 0 heterocycles. The number of amides is 2. The maximum atomic E-state index is 12.4. The SMILES string of the molecule is CC(C)C(=O)NNC(=O)c1ccc(NS(=O)(=O)c2cccc([N+](=O)[O-])c2)cc1. The maximum absolute atomic E-state index is 12.4. The average molecular weight is 406 g/mol. The molecule has 2 amide bonds. The zero-order valence-corrected chi connectivity index (χ0v) is 15.8. The van der Waals surface area contributed by atoms with Gasteiger partial charge in [-0.2, -0.15) is 0 Å². The number of nitrogens with one attached hydrogen (secondary N) is 3. The molecule has 0 aliphatic rings. The molecule has 10 nitrogen and oxygen atoms in total. The van der Waals surface area contributed by atoms with Gasteiger partial charge >= 0.3 is 0 Å². The minimum Gasteiger partial charge on any atom is -0.280 e. The molecule has 0 fully saturated rings. The Morgan fingerprint density at radius 1 is 1.04 bits per heavy atom. The summed E-state index contributed by atoms with van der Waals surface area (Å²) in [6.07, 6.45) is 0. The monoisotopic (exact) mass is 406 g/mol. The fraction of sp³-hybridized carbons (Fsp3) is 0.176. The van der Waals surface area contributed by atoms with Crippen molar-refractivity contribution in [3.63, 3.8) is 0 Å². The Kier molecular flexibility index (Phi) is 6.31. The molecule has 0 aliphatic heterocycles. The second-order valence-electron chi connectivity index (χ2n) is 6.04. The van der Waals surface area contributed by atoms with Crippen LogP contribution in [0.5, 0.6) is 0 Å². The number of benzene rings is 2. The van der Waals surface area contributed by atoms with Crippen molar-refractivity contribution >= 4 is 33.2 Å². The number of carbonyl (C=O) groups excluding carboxylic acids is 2. The summed E-state index contributed by atoms with van der Waals surface area (Å²) in [6.45, 7) is 3.34. The van der Waals surface area contributed by atoms with Gasteiger partial charge in [0.25, 0.3) is 21.6 Å². The summed E-state index contributed by atoms with van der Waals surface area (Å²) in [7, 11) is -4.05. The molecule has 0 bridgehead atoms. The Balaban J connectivity index is 2.09. The van der Waals surface area contributed by atoms with Gasteiger partial charge in [-0.1, -0.05) is 19.9 Å². The van der Waals surface area contributed by atoms with Crippen LogP contribution in [0.1, 0.15) is 24.2 Å². The number of rotatable bonds is 6. The largest absolute Gasteiger partial charge is 0.280 e. The molecule has 28 heavy (non-hydrogen) atoms. The van der Waals surface area contributed by atoms with Gasteiger partial charge in [0.15, 0.2) is 0 Å². The van der Waals surface area contributed by atoms with Gasteiger partial charge in [-0.05, 0) is 30.3 Å². The minimum absolute atomic E-state index is 0.161. The summed E-state index contributed by atoms with van der Waals surface area (Å²) >= 11 is 0. The molecule has 2 rings (SSSR count). The molecule has 0 atom stereocenters. The first kappa shape index (κ1) is 20.8. The van der Waals surface area contributed by atoms with Crippen molar-refractivity contribution in [2.45, 2.75) is 18.7 Å². The molecule has 2 aromatic carbocycles. The summed E-state index contributed by atoms with van der Waals surface area (Å²) in [5, 5.41) is 10.8. The van der Waals surface area contributed by atoms with Crippen LogP contribution in [0.25, 0.3) is 0 Å². The van der Waals surface area contributed by atoms with Crippen LogP contribution in [-0.4, -0.2) is 25.2 Å². The molecule has 0 radical (unpaired) electrons. The van der Waals surface area contributed by atoms with E-state index in [-0.39, 0.29) is 33.7 Å². The van der Waals surface area contributed by atoms with Crippen LogP contribution in [0.4, 0.5) is 11.4 Å². The van der Waals surface area contributed by atoms with Crippen LogP contribution in [0.2, 0.25) is 0 Å². The first-order chi connectivity index (χ1) is 13.1. The van der Waals surface area contributed by atoms with Crippen LogP contribution in [0, 0.1) is 16.0 Å². The zero-order valence-electron chi connectivity index (χ0n) is 15.0. The standard InChI is InChI=1S/C17H18N4O6S/c1-11(2)16(22)18-19-17(23)12-6-8-13(9-7-12)20-28(26,27)15-5-3-4-14(10-15)21(24)25/h3-11,20H,1-2H3,(H,18,22)(H,19,23). The van der Waals surface area contributed by atoms with Crippen molar-refractivity contribution in [1.29, 1.82) is 0 Å². The van der Waals surface area contributed by atoms with E-state index in [2.05, 4.69) is 15.6 Å². The highest BCUT2D eigenvalue weighted by Gasteiger charge is 2.18. The highest BCUT2D eigenvalue weighted by Crippen LogP contribution is 2.20. The van der Waals surface area contributed by atoms with Crippen molar-refractivity contribution in [3.05, 3.63) is 64.2 Å². The van der Waals surface area contributed by atoms with Crippen molar-refractivity contribution in [2.24, 2.45) is 5.92 Å². The van der Waals surface area contributed by atoms with Crippen molar-refractivity contribution in [2.75, 3.05) is 4.72 Å². The van der Waals surface area contributed by atoms with Gasteiger partial charge in [0.05, 0.1) is 9.82 Å². The van der Waals surface area contributed by atoms with Crippen molar-refractivity contribution < 1.29 is 22.9 Å². The van der Waals surface area contributed by atoms with Crippen LogP contribution < -0.4 is 15.6 Å². The van der Waals surface area contributed by atoms with E-state index in [1.807, 2.05) is 0 Å². The number of hydrogen-bond acceptors (Lipinski definition) is 6. The number of non-ortho nitro benzene ring substituents is 1. The third-order valence-corrected chi connectivity index (χ3v) is 4.94. The summed E-state index contributed by atoms with van der Waals surface area (Å²) in [4.78, 5) is 33.3. The predicted molar refractivity (Wildman–Crippen MR) is 101 cm³/mol. The fourth-order valence-electron chi connectivity index (χ4n) is 2.00. The topological polar surface area (TPSA) is 148 Å². The highest BCUT2D eigenvalue weighted by molar-refractivity contribution is 7.92. The normalized spacial score (nSPS) is 11.0. The van der Waals surface area contributed by atoms with E-state index in [0.717, 1.165) is 6.07 Å². The minimum atomic E-state index is -4.05. The number of hydrazine groups is 1. The molecule has 11 heteroatoms. The van der Waals surface area contributed by atoms with Crippen LogP contribution in [0.15, 0.2) is 53.4 Å². The van der Waals surface area contributed by atoms with Gasteiger partial charge in [-0.15, -0.1) is 0 Å². The van der Waals surface area contributed by atoms with E-state index >= 15 is 0 Å². The second kappa shape index (κ2) is 8.48. The Morgan fingerprint density at radius 2 is 1.68 bits per heavy atom. The zero-order chi connectivity index (χ0) is 20.9. The molecule has 3 N–H and O–H groups in total. The summed E-state index contributed by atoms with van der Waals surface area (Å²) in [5.41, 5.74) is 4.52. The van der Waals surface area contributed by atoms with E-state index in [1.165, 1.54) is 42.5 Å². The molecule has 0 saturated carbocycles. The van der Waals surface area contributed by atoms with Crippen molar-refractivity contribution in [1.82, 2.24) is 10.9 Å². The van der Waals surface area contributed by atoms with Gasteiger partial charge in [-0.3, -0.25) is 35.3 Å². The molecule has 0 aliphatic carbocycles. The number of anilines is 1. The van der Waals surface area contributed by atoms with Gasteiger partial charge in [-0.25, -0.2) is 8.42 Å². The van der Waals surface area contributed by atoms with Gasteiger partial charge < -0.3 is 0 Å². The lowest BCUT2D eigenvalue weighted by Gasteiger charge is -2.10. The van der Waals surface area contributed by atoms with E-state index in [9.17, 15) is 28.1 Å². The number of carbonyl (C=O) groups is 2. The first-order valence-corrected chi connectivity index (χ1v) is 9.56. The highest BCUT2D eigenvalue weighted by atomic mass is 32.2. The lowest BCUT2D eigenvalue weighted by atomic mass is 10.2. The van der Waals surface area contributed by atoms with E-state index < -0.39 is 20.9 Å². The molecule has 0 aromatic heterocycles. The third-order valence-electron chi connectivity index (χ3n) is 3.56. The third kappa shape index (κ3) is 5.27. The Bertz CT molecular complexity index is 1000. The molecular formula is C17H18N4O6S. The Hall–Kier alpha value is -3.47. The first-order valence-electron chi connectivity index (χ1n) is 8.07. The molecular weight excluding hydrogens is 388 g/mol. The van der Waals surface area contributed by atoms with Crippen LogP contribution in [-0.2, 0) is 14.8 Å². The molecule has 2 aromatic rings. The maximum Gasteiger partial charge on any atom is 0.270 e. The molecule has 0 spiro atoms. The van der Waals surface area contributed by atoms with Crippen LogP contribution in [0.3, 0.4) is 0 Å². The Labute approximate surface area is 161 Å². The van der Waals surface area contributed by atoms with Gasteiger partial charge in [0.1, 0.15) is 0 Å².